The van der Waals surface area contributed by atoms with Crippen molar-refractivity contribution in [1.82, 2.24) is 14.5 Å². The van der Waals surface area contributed by atoms with Gasteiger partial charge in [0.2, 0.25) is 21.8 Å². The van der Waals surface area contributed by atoms with Gasteiger partial charge in [-0.05, 0) is 53.9 Å². The number of benzene rings is 3. The molecule has 3 rings (SSSR count). The van der Waals surface area contributed by atoms with E-state index < -0.39 is 34.3 Å². The highest BCUT2D eigenvalue weighted by Crippen LogP contribution is 2.20. The third kappa shape index (κ3) is 7.86. The fourth-order valence-electron chi connectivity index (χ4n) is 3.86. The summed E-state index contributed by atoms with van der Waals surface area (Å²) < 4.78 is 40.8. The SMILES string of the molecule is CCCNC(=O)[C@@H](Cc1ccccc1)N(Cc1ccc(F)cc1)C(=O)CN(C)S(=O)(=O)c1ccc(Cl)cc1. The highest BCUT2D eigenvalue weighted by molar-refractivity contribution is 7.89. The van der Waals surface area contributed by atoms with E-state index in [4.69, 9.17) is 11.6 Å². The topological polar surface area (TPSA) is 86.8 Å². The second kappa shape index (κ2) is 13.5. The Morgan fingerprint density at radius 2 is 1.58 bits per heavy atom. The van der Waals surface area contributed by atoms with Crippen LogP contribution in [0.25, 0.3) is 0 Å². The zero-order valence-electron chi connectivity index (χ0n) is 21.3. The molecule has 1 N–H and O–H groups in total. The highest BCUT2D eigenvalue weighted by Gasteiger charge is 2.33. The van der Waals surface area contributed by atoms with Crippen LogP contribution in [0.4, 0.5) is 4.39 Å². The predicted molar refractivity (Wildman–Crippen MR) is 145 cm³/mol. The maximum atomic E-state index is 13.7. The van der Waals surface area contributed by atoms with Crippen molar-refractivity contribution in [2.45, 2.75) is 37.2 Å². The van der Waals surface area contributed by atoms with Gasteiger partial charge in [0.15, 0.2) is 0 Å². The number of sulfonamides is 1. The summed E-state index contributed by atoms with van der Waals surface area (Å²) in [5, 5.41) is 3.24. The number of nitrogens with one attached hydrogen (secondary N) is 1. The Bertz CT molecular complexity index is 1320. The van der Waals surface area contributed by atoms with Gasteiger partial charge < -0.3 is 10.2 Å². The van der Waals surface area contributed by atoms with Crippen molar-refractivity contribution in [3.63, 3.8) is 0 Å². The van der Waals surface area contributed by atoms with Crippen molar-refractivity contribution < 1.29 is 22.4 Å². The molecule has 0 aromatic heterocycles. The van der Waals surface area contributed by atoms with Crippen LogP contribution >= 0.6 is 11.6 Å². The van der Waals surface area contributed by atoms with Crippen molar-refractivity contribution >= 4 is 33.4 Å². The van der Waals surface area contributed by atoms with Crippen LogP contribution in [0, 0.1) is 5.82 Å². The molecule has 0 radical (unpaired) electrons. The Morgan fingerprint density at radius 1 is 0.947 bits per heavy atom. The second-order valence-electron chi connectivity index (χ2n) is 8.86. The van der Waals surface area contributed by atoms with E-state index in [-0.39, 0.29) is 23.8 Å². The Kier molecular flexibility index (Phi) is 10.4. The molecule has 0 unspecified atom stereocenters. The smallest absolute Gasteiger partial charge is 0.243 e. The minimum absolute atomic E-state index is 0.00894. The lowest BCUT2D eigenvalue weighted by Crippen LogP contribution is -2.53. The molecule has 0 aliphatic carbocycles. The number of hydrogen-bond donors (Lipinski definition) is 1. The standard InChI is InChI=1S/C28H31ClFN3O4S/c1-3-17-31-28(35)26(18-21-7-5-4-6-8-21)33(19-22-9-13-24(30)14-10-22)27(34)20-32(2)38(36,37)25-15-11-23(29)12-16-25/h4-16,26H,3,17-20H2,1-2H3,(H,31,35)/t26-/m1/s1. The number of likely N-dealkylation sites (N-methyl/N-ethyl adjacent to an activating group) is 1. The molecule has 0 fully saturated rings. The molecular formula is C28H31ClFN3O4S. The van der Waals surface area contributed by atoms with Gasteiger partial charge >= 0.3 is 0 Å². The van der Waals surface area contributed by atoms with E-state index in [1.807, 2.05) is 37.3 Å². The number of rotatable bonds is 12. The van der Waals surface area contributed by atoms with E-state index in [0.29, 0.717) is 23.6 Å². The predicted octanol–water partition coefficient (Wildman–Crippen LogP) is 4.27. The van der Waals surface area contributed by atoms with Crippen molar-refractivity contribution in [2.75, 3.05) is 20.1 Å². The van der Waals surface area contributed by atoms with Crippen LogP contribution in [0.2, 0.25) is 5.02 Å². The third-order valence-corrected chi connectivity index (χ3v) is 8.04. The van der Waals surface area contributed by atoms with Crippen LogP contribution in [-0.4, -0.2) is 55.6 Å². The van der Waals surface area contributed by atoms with Crippen molar-refractivity contribution in [1.29, 1.82) is 0 Å². The molecule has 1 atom stereocenters. The van der Waals surface area contributed by atoms with E-state index in [1.165, 1.54) is 60.5 Å². The maximum Gasteiger partial charge on any atom is 0.243 e. The molecular weight excluding hydrogens is 529 g/mol. The van der Waals surface area contributed by atoms with Gasteiger partial charge in [0.05, 0.1) is 11.4 Å². The number of nitrogens with zero attached hydrogens (tertiary/aromatic N) is 2. The van der Waals surface area contributed by atoms with Gasteiger partial charge in [-0.1, -0.05) is 61.0 Å². The number of hydrogen-bond acceptors (Lipinski definition) is 4. The monoisotopic (exact) mass is 559 g/mol. The zero-order chi connectivity index (χ0) is 27.7. The molecule has 0 aliphatic rings. The summed E-state index contributed by atoms with van der Waals surface area (Å²) in [5.74, 6) is -1.35. The molecule has 202 valence electrons. The first-order valence-corrected chi connectivity index (χ1v) is 14.0. The number of amides is 2. The Balaban J connectivity index is 1.95. The summed E-state index contributed by atoms with van der Waals surface area (Å²) in [6, 6.07) is 19.6. The molecule has 0 spiro atoms. The lowest BCUT2D eigenvalue weighted by molar-refractivity contribution is -0.141. The molecule has 0 saturated carbocycles. The average Bonchev–Trinajstić information content (AvgIpc) is 2.91. The molecule has 0 heterocycles. The first kappa shape index (κ1) is 29.3. The molecule has 0 aliphatic heterocycles. The van der Waals surface area contributed by atoms with Gasteiger partial charge in [-0.2, -0.15) is 4.31 Å². The molecule has 0 saturated heterocycles. The molecule has 0 bridgehead atoms. The summed E-state index contributed by atoms with van der Waals surface area (Å²) >= 11 is 5.89. The molecule has 7 nitrogen and oxygen atoms in total. The van der Waals surface area contributed by atoms with E-state index in [2.05, 4.69) is 5.32 Å². The summed E-state index contributed by atoms with van der Waals surface area (Å²) in [4.78, 5) is 28.4. The highest BCUT2D eigenvalue weighted by atomic mass is 35.5. The minimum Gasteiger partial charge on any atom is -0.354 e. The molecule has 10 heteroatoms. The zero-order valence-corrected chi connectivity index (χ0v) is 22.9. The van der Waals surface area contributed by atoms with Gasteiger partial charge in [0.1, 0.15) is 11.9 Å². The summed E-state index contributed by atoms with van der Waals surface area (Å²) in [5.41, 5.74) is 1.44. The molecule has 2 amide bonds. The van der Waals surface area contributed by atoms with Gasteiger partial charge in [-0.3, -0.25) is 9.59 Å². The Hall–Kier alpha value is -3.27. The fourth-order valence-corrected chi connectivity index (χ4v) is 5.11. The summed E-state index contributed by atoms with van der Waals surface area (Å²) in [6.45, 7) is 1.83. The van der Waals surface area contributed by atoms with E-state index >= 15 is 0 Å². The number of halogens is 2. The van der Waals surface area contributed by atoms with E-state index in [1.54, 1.807) is 0 Å². The van der Waals surface area contributed by atoms with Crippen molar-refractivity contribution in [3.8, 4) is 0 Å². The van der Waals surface area contributed by atoms with Crippen LogP contribution in [0.5, 0.6) is 0 Å². The second-order valence-corrected chi connectivity index (χ2v) is 11.3. The van der Waals surface area contributed by atoms with Gasteiger partial charge in [0.25, 0.3) is 0 Å². The van der Waals surface area contributed by atoms with Crippen molar-refractivity contribution in [3.05, 3.63) is 101 Å². The van der Waals surface area contributed by atoms with E-state index in [9.17, 15) is 22.4 Å². The van der Waals surface area contributed by atoms with Gasteiger partial charge in [0, 0.05) is 31.6 Å². The van der Waals surface area contributed by atoms with Gasteiger partial charge in [-0.15, -0.1) is 0 Å². The molecule has 3 aromatic carbocycles. The van der Waals surface area contributed by atoms with Crippen molar-refractivity contribution in [2.24, 2.45) is 0 Å². The first-order chi connectivity index (χ1) is 18.1. The quantitative estimate of drug-likeness (QED) is 0.359. The van der Waals surface area contributed by atoms with Crippen LogP contribution < -0.4 is 5.32 Å². The van der Waals surface area contributed by atoms with Gasteiger partial charge in [-0.25, -0.2) is 12.8 Å². The van der Waals surface area contributed by atoms with Crippen LogP contribution in [0.3, 0.4) is 0 Å². The van der Waals surface area contributed by atoms with Crippen LogP contribution in [-0.2, 0) is 32.6 Å². The first-order valence-electron chi connectivity index (χ1n) is 12.2. The fraction of sp³-hybridized carbons (Fsp3) is 0.286. The minimum atomic E-state index is -4.00. The molecule has 38 heavy (non-hydrogen) atoms. The van der Waals surface area contributed by atoms with Crippen LogP contribution in [0.15, 0.2) is 83.8 Å². The maximum absolute atomic E-state index is 13.7. The Labute approximate surface area is 228 Å². The van der Waals surface area contributed by atoms with E-state index in [0.717, 1.165) is 9.87 Å². The Morgan fingerprint density at radius 3 is 2.18 bits per heavy atom. The largest absolute Gasteiger partial charge is 0.354 e. The third-order valence-electron chi connectivity index (χ3n) is 5.97. The normalized spacial score (nSPS) is 12.2. The molecule has 3 aromatic rings. The number of carbonyl (C=O) groups is 2. The lowest BCUT2D eigenvalue weighted by atomic mass is 10.0. The lowest BCUT2D eigenvalue weighted by Gasteiger charge is -2.32. The summed E-state index contributed by atoms with van der Waals surface area (Å²) in [6.07, 6.45) is 0.925. The average molecular weight is 560 g/mol. The number of carbonyl (C=O) groups excluding carboxylic acids is 2. The van der Waals surface area contributed by atoms with Crippen LogP contribution in [0.1, 0.15) is 24.5 Å². The summed E-state index contributed by atoms with van der Waals surface area (Å²) in [7, 11) is -2.70.